The normalized spacial score (nSPS) is 11.0. The van der Waals surface area contributed by atoms with E-state index in [4.69, 9.17) is 5.73 Å². The van der Waals surface area contributed by atoms with Gasteiger partial charge in [-0.05, 0) is 37.2 Å². The highest BCUT2D eigenvalue weighted by Gasteiger charge is 2.26. The molecule has 0 unspecified atom stereocenters. The lowest BCUT2D eigenvalue weighted by Gasteiger charge is -2.06. The van der Waals surface area contributed by atoms with Gasteiger partial charge in [0.1, 0.15) is 0 Å². The molecule has 1 aromatic rings. The van der Waals surface area contributed by atoms with Gasteiger partial charge in [0.15, 0.2) is 0 Å². The molecule has 1 amide bonds. The van der Waals surface area contributed by atoms with Gasteiger partial charge in [0.05, 0.1) is 4.90 Å². The smallest absolute Gasteiger partial charge is 0.341 e. The lowest BCUT2D eigenvalue weighted by molar-refractivity contribution is 0.0953. The lowest BCUT2D eigenvalue weighted by atomic mass is 10.2. The quantitative estimate of drug-likeness (QED) is 0.767. The number of sulfone groups is 1. The molecule has 0 aromatic heterocycles. The Hall–Kier alpha value is -1.25. The fourth-order valence-corrected chi connectivity index (χ4v) is 2.03. The molecule has 0 radical (unpaired) electrons. The van der Waals surface area contributed by atoms with Crippen LogP contribution in [0.4, 0.5) is 8.78 Å². The van der Waals surface area contributed by atoms with Crippen molar-refractivity contribution < 1.29 is 22.0 Å². The maximum absolute atomic E-state index is 12.3. The number of nitrogens with two attached hydrogens (primary N) is 1. The van der Waals surface area contributed by atoms with Crippen molar-refractivity contribution in [1.82, 2.24) is 5.32 Å². The van der Waals surface area contributed by atoms with Crippen LogP contribution in [0.2, 0.25) is 0 Å². The number of alkyl halides is 2. The Bertz CT molecular complexity index is 535. The zero-order valence-corrected chi connectivity index (χ0v) is 12.0. The molecular weight excluding hydrogens is 314 g/mol. The van der Waals surface area contributed by atoms with Gasteiger partial charge in [0, 0.05) is 12.1 Å². The summed E-state index contributed by atoms with van der Waals surface area (Å²) in [4.78, 5) is 11.1. The molecule has 0 spiro atoms. The number of benzene rings is 1. The predicted octanol–water partition coefficient (Wildman–Crippen LogP) is 1.18. The molecule has 1 rings (SSSR count). The first-order valence-electron chi connectivity index (χ1n) is 5.50. The maximum Gasteiger partial charge on any atom is 0.341 e. The summed E-state index contributed by atoms with van der Waals surface area (Å²) in [5, 5.41) is 2.56. The Kier molecular flexibility index (Phi) is 7.62. The summed E-state index contributed by atoms with van der Waals surface area (Å²) in [7, 11) is -4.62. The van der Waals surface area contributed by atoms with Crippen LogP contribution in [0, 0.1) is 0 Å². The predicted molar refractivity (Wildman–Crippen MR) is 72.9 cm³/mol. The minimum Gasteiger partial charge on any atom is -0.352 e. The molecule has 0 aliphatic rings. The number of hydrogen-bond donors (Lipinski definition) is 2. The second kappa shape index (κ2) is 8.13. The Labute approximate surface area is 121 Å². The molecule has 3 N–H and O–H groups in total. The van der Waals surface area contributed by atoms with E-state index in [-0.39, 0.29) is 18.0 Å². The van der Waals surface area contributed by atoms with Gasteiger partial charge >= 0.3 is 5.76 Å². The van der Waals surface area contributed by atoms with Crippen molar-refractivity contribution in [3.63, 3.8) is 0 Å². The largest absolute Gasteiger partial charge is 0.352 e. The van der Waals surface area contributed by atoms with Gasteiger partial charge in [-0.1, -0.05) is 0 Å². The Morgan fingerprint density at radius 1 is 1.25 bits per heavy atom. The van der Waals surface area contributed by atoms with Crippen molar-refractivity contribution in [2.24, 2.45) is 5.73 Å². The summed E-state index contributed by atoms with van der Waals surface area (Å²) in [6.07, 6.45) is 0.615. The van der Waals surface area contributed by atoms with Crippen LogP contribution < -0.4 is 11.1 Å². The fourth-order valence-electron chi connectivity index (χ4n) is 1.30. The number of rotatable bonds is 6. The van der Waals surface area contributed by atoms with E-state index in [1.54, 1.807) is 0 Å². The third kappa shape index (κ3) is 4.69. The van der Waals surface area contributed by atoms with Crippen LogP contribution in [0.25, 0.3) is 0 Å². The first kappa shape index (κ1) is 18.8. The highest BCUT2D eigenvalue weighted by molar-refractivity contribution is 7.91. The van der Waals surface area contributed by atoms with Crippen LogP contribution in [-0.4, -0.2) is 33.2 Å². The molecule has 0 atom stereocenters. The number of halogens is 3. The molecule has 0 saturated heterocycles. The summed E-state index contributed by atoms with van der Waals surface area (Å²) in [5.74, 6) is -3.88. The molecule has 0 heterocycles. The number of carbonyl (C=O) groups excluding carboxylic acids is 1. The Morgan fingerprint density at radius 3 is 2.25 bits per heavy atom. The highest BCUT2D eigenvalue weighted by atomic mass is 35.5. The summed E-state index contributed by atoms with van der Waals surface area (Å²) in [6.45, 7) is 0.832. The molecule has 0 bridgehead atoms. The molecule has 20 heavy (non-hydrogen) atoms. The van der Waals surface area contributed by atoms with Crippen LogP contribution in [0.15, 0.2) is 29.2 Å². The first-order chi connectivity index (χ1) is 8.89. The minimum atomic E-state index is -4.62. The average molecular weight is 329 g/mol. The second-order valence-corrected chi connectivity index (χ2v) is 5.65. The van der Waals surface area contributed by atoms with E-state index in [9.17, 15) is 22.0 Å². The van der Waals surface area contributed by atoms with E-state index in [0.717, 1.165) is 12.1 Å². The highest BCUT2D eigenvalue weighted by Crippen LogP contribution is 2.18. The molecule has 9 heteroatoms. The lowest BCUT2D eigenvalue weighted by Crippen LogP contribution is -2.26. The van der Waals surface area contributed by atoms with Crippen LogP contribution in [0.1, 0.15) is 16.8 Å². The van der Waals surface area contributed by atoms with Gasteiger partial charge in [0.2, 0.25) is 9.84 Å². The average Bonchev–Trinajstić information content (AvgIpc) is 2.39. The van der Waals surface area contributed by atoms with Crippen molar-refractivity contribution in [2.75, 3.05) is 13.1 Å². The Morgan fingerprint density at radius 2 is 1.80 bits per heavy atom. The van der Waals surface area contributed by atoms with E-state index in [0.29, 0.717) is 19.5 Å². The number of nitrogens with one attached hydrogen (secondary N) is 1. The van der Waals surface area contributed by atoms with Crippen LogP contribution in [0.5, 0.6) is 0 Å². The minimum absolute atomic E-state index is 0. The molecule has 114 valence electrons. The van der Waals surface area contributed by atoms with E-state index < -0.39 is 26.4 Å². The monoisotopic (exact) mass is 328 g/mol. The SMILES string of the molecule is Cl.NCCCNC(=O)c1ccc(S(=O)(=O)C(F)F)cc1. The van der Waals surface area contributed by atoms with Crippen molar-refractivity contribution in [2.45, 2.75) is 17.1 Å². The first-order valence-corrected chi connectivity index (χ1v) is 7.04. The zero-order valence-electron chi connectivity index (χ0n) is 10.4. The summed E-state index contributed by atoms with van der Waals surface area (Å²) < 4.78 is 46.9. The van der Waals surface area contributed by atoms with Crippen LogP contribution in [-0.2, 0) is 9.84 Å². The van der Waals surface area contributed by atoms with Crippen molar-refractivity contribution in [1.29, 1.82) is 0 Å². The zero-order chi connectivity index (χ0) is 14.5. The van der Waals surface area contributed by atoms with Crippen LogP contribution in [0.3, 0.4) is 0 Å². The molecular formula is C11H15ClF2N2O3S. The standard InChI is InChI=1S/C11H14F2N2O3S.ClH/c12-11(13)19(17,18)9-4-2-8(3-5-9)10(16)15-7-1-6-14;/h2-5,11H,1,6-7,14H2,(H,15,16);1H. The van der Waals surface area contributed by atoms with Gasteiger partial charge in [-0.25, -0.2) is 8.42 Å². The van der Waals surface area contributed by atoms with E-state index >= 15 is 0 Å². The molecule has 0 aliphatic carbocycles. The van der Waals surface area contributed by atoms with Gasteiger partial charge in [-0.3, -0.25) is 4.79 Å². The number of carbonyl (C=O) groups is 1. The number of amides is 1. The van der Waals surface area contributed by atoms with E-state index in [2.05, 4.69) is 5.32 Å². The second-order valence-electron chi connectivity index (χ2n) is 3.73. The third-order valence-corrected chi connectivity index (χ3v) is 3.74. The molecule has 0 saturated carbocycles. The van der Waals surface area contributed by atoms with Gasteiger partial charge in [0.25, 0.3) is 5.91 Å². The molecule has 0 fully saturated rings. The van der Waals surface area contributed by atoms with Gasteiger partial charge < -0.3 is 11.1 Å². The maximum atomic E-state index is 12.3. The van der Waals surface area contributed by atoms with Crippen LogP contribution >= 0.6 is 12.4 Å². The summed E-state index contributed by atoms with van der Waals surface area (Å²) in [5.41, 5.74) is 5.46. The van der Waals surface area contributed by atoms with Gasteiger partial charge in [-0.15, -0.1) is 12.4 Å². The third-order valence-electron chi connectivity index (χ3n) is 2.35. The summed E-state index contributed by atoms with van der Waals surface area (Å²) >= 11 is 0. The van der Waals surface area contributed by atoms with E-state index in [1.807, 2.05) is 0 Å². The fraction of sp³-hybridized carbons (Fsp3) is 0.364. The Balaban J connectivity index is 0.00000361. The molecule has 1 aromatic carbocycles. The van der Waals surface area contributed by atoms with Gasteiger partial charge in [-0.2, -0.15) is 8.78 Å². The molecule has 5 nitrogen and oxygen atoms in total. The van der Waals surface area contributed by atoms with Crippen molar-refractivity contribution >= 4 is 28.2 Å². The van der Waals surface area contributed by atoms with E-state index in [1.165, 1.54) is 12.1 Å². The van der Waals surface area contributed by atoms with Crippen molar-refractivity contribution in [3.05, 3.63) is 29.8 Å². The summed E-state index contributed by atoms with van der Waals surface area (Å²) in [6, 6.07) is 4.35. The molecule has 0 aliphatic heterocycles. The number of hydrogen-bond acceptors (Lipinski definition) is 4. The topological polar surface area (TPSA) is 89.3 Å². The van der Waals surface area contributed by atoms with Crippen molar-refractivity contribution in [3.8, 4) is 0 Å².